The van der Waals surface area contributed by atoms with Crippen LogP contribution < -0.4 is 10.6 Å². The summed E-state index contributed by atoms with van der Waals surface area (Å²) in [6.07, 6.45) is 2.34. The van der Waals surface area contributed by atoms with Crippen LogP contribution in [0.2, 0.25) is 0 Å². The van der Waals surface area contributed by atoms with Gasteiger partial charge in [0, 0.05) is 42.1 Å². The molecule has 2 amide bonds. The number of hydrogen-bond acceptors (Lipinski definition) is 3. The second-order valence-corrected chi connectivity index (χ2v) is 6.37. The Morgan fingerprint density at radius 2 is 1.83 bits per heavy atom. The Hall–Kier alpha value is -1.11. The van der Waals surface area contributed by atoms with Crippen molar-refractivity contribution < 1.29 is 9.59 Å². The first kappa shape index (κ1) is 19.9. The molecule has 1 fully saturated rings. The van der Waals surface area contributed by atoms with Crippen molar-refractivity contribution in [2.45, 2.75) is 25.3 Å². The zero-order chi connectivity index (χ0) is 15.9. The fraction of sp³-hybridized carbons (Fsp3) is 0.500. The fourth-order valence-corrected chi connectivity index (χ4v) is 2.83. The molecule has 1 aliphatic rings. The van der Waals surface area contributed by atoms with Crippen molar-refractivity contribution in [3.63, 3.8) is 0 Å². The van der Waals surface area contributed by atoms with Crippen LogP contribution in [0.5, 0.6) is 0 Å². The summed E-state index contributed by atoms with van der Waals surface area (Å²) in [5.74, 6) is -0.0279. The third-order valence-electron chi connectivity index (χ3n) is 3.99. The van der Waals surface area contributed by atoms with Gasteiger partial charge in [0.15, 0.2) is 0 Å². The molecular weight excluding hydrogens is 382 g/mol. The number of halogens is 2. The van der Waals surface area contributed by atoms with Crippen molar-refractivity contribution in [3.8, 4) is 0 Å². The molecular formula is C16H23BrClN3O2. The summed E-state index contributed by atoms with van der Waals surface area (Å²) >= 11 is 3.33. The van der Waals surface area contributed by atoms with E-state index in [0.717, 1.165) is 30.4 Å². The highest BCUT2D eigenvalue weighted by molar-refractivity contribution is 9.10. The van der Waals surface area contributed by atoms with Crippen LogP contribution in [0.25, 0.3) is 0 Å². The molecule has 1 aromatic carbocycles. The van der Waals surface area contributed by atoms with E-state index in [0.29, 0.717) is 24.6 Å². The van der Waals surface area contributed by atoms with E-state index in [9.17, 15) is 9.59 Å². The second kappa shape index (κ2) is 9.90. The van der Waals surface area contributed by atoms with Crippen molar-refractivity contribution in [2.24, 2.45) is 0 Å². The summed E-state index contributed by atoms with van der Waals surface area (Å²) in [6, 6.07) is 7.67. The summed E-state index contributed by atoms with van der Waals surface area (Å²) in [5.41, 5.74) is 0.602. The summed E-state index contributed by atoms with van der Waals surface area (Å²) in [4.78, 5) is 25.9. The quantitative estimate of drug-likeness (QED) is 0.791. The maximum absolute atomic E-state index is 12.1. The van der Waals surface area contributed by atoms with Gasteiger partial charge in [0.2, 0.25) is 5.91 Å². The lowest BCUT2D eigenvalue weighted by Gasteiger charge is -2.31. The molecule has 128 valence electrons. The van der Waals surface area contributed by atoms with E-state index in [-0.39, 0.29) is 24.2 Å². The Morgan fingerprint density at radius 1 is 1.22 bits per heavy atom. The van der Waals surface area contributed by atoms with E-state index in [4.69, 9.17) is 0 Å². The molecule has 0 unspecified atom stereocenters. The Balaban J connectivity index is 0.00000264. The lowest BCUT2D eigenvalue weighted by Crippen LogP contribution is -2.44. The van der Waals surface area contributed by atoms with Gasteiger partial charge in [-0.2, -0.15) is 0 Å². The van der Waals surface area contributed by atoms with Gasteiger partial charge >= 0.3 is 0 Å². The van der Waals surface area contributed by atoms with Crippen LogP contribution in [-0.4, -0.2) is 49.4 Å². The van der Waals surface area contributed by atoms with Crippen molar-refractivity contribution >= 4 is 40.2 Å². The number of nitrogens with one attached hydrogen (secondary N) is 2. The Kier molecular flexibility index (Phi) is 8.58. The first-order valence-electron chi connectivity index (χ1n) is 7.59. The number of amides is 2. The Morgan fingerprint density at radius 3 is 2.39 bits per heavy atom. The molecule has 1 saturated heterocycles. The summed E-state index contributed by atoms with van der Waals surface area (Å²) in [7, 11) is 1.96. The standard InChI is InChI=1S/C16H22BrN3O2.ClH/c1-18-14-7-10-20(11-8-14)15(21)6-9-19-16(22)12-2-4-13(17)5-3-12;/h2-5,14,18H,6-11H2,1H3,(H,19,22);1H. The highest BCUT2D eigenvalue weighted by Crippen LogP contribution is 2.11. The first-order valence-corrected chi connectivity index (χ1v) is 8.38. The predicted molar refractivity (Wildman–Crippen MR) is 97.0 cm³/mol. The Labute approximate surface area is 151 Å². The van der Waals surface area contributed by atoms with Gasteiger partial charge in [0.25, 0.3) is 5.91 Å². The van der Waals surface area contributed by atoms with Crippen LogP contribution in [0.1, 0.15) is 29.6 Å². The molecule has 0 aromatic heterocycles. The second-order valence-electron chi connectivity index (χ2n) is 5.46. The molecule has 2 N–H and O–H groups in total. The first-order chi connectivity index (χ1) is 10.6. The van der Waals surface area contributed by atoms with Crippen LogP contribution >= 0.6 is 28.3 Å². The number of hydrogen-bond donors (Lipinski definition) is 2. The highest BCUT2D eigenvalue weighted by Gasteiger charge is 2.21. The van der Waals surface area contributed by atoms with Crippen LogP contribution in [0.15, 0.2) is 28.7 Å². The summed E-state index contributed by atoms with van der Waals surface area (Å²) in [6.45, 7) is 1.97. The molecule has 0 radical (unpaired) electrons. The highest BCUT2D eigenvalue weighted by atomic mass is 79.9. The average molecular weight is 405 g/mol. The third kappa shape index (κ3) is 6.12. The molecule has 0 atom stereocenters. The average Bonchev–Trinajstić information content (AvgIpc) is 2.55. The van der Waals surface area contributed by atoms with E-state index in [1.807, 2.05) is 24.1 Å². The van der Waals surface area contributed by atoms with Gasteiger partial charge in [-0.05, 0) is 44.2 Å². The molecule has 5 nitrogen and oxygen atoms in total. The lowest BCUT2D eigenvalue weighted by molar-refractivity contribution is -0.132. The van der Waals surface area contributed by atoms with Gasteiger partial charge in [-0.15, -0.1) is 12.4 Å². The van der Waals surface area contributed by atoms with Crippen LogP contribution in [0, 0.1) is 0 Å². The van der Waals surface area contributed by atoms with Crippen molar-refractivity contribution in [1.29, 1.82) is 0 Å². The van der Waals surface area contributed by atoms with E-state index >= 15 is 0 Å². The minimum Gasteiger partial charge on any atom is -0.352 e. The number of benzene rings is 1. The molecule has 23 heavy (non-hydrogen) atoms. The van der Waals surface area contributed by atoms with Crippen LogP contribution in [0.3, 0.4) is 0 Å². The number of piperidine rings is 1. The largest absolute Gasteiger partial charge is 0.352 e. The fourth-order valence-electron chi connectivity index (χ4n) is 2.56. The van der Waals surface area contributed by atoms with E-state index in [2.05, 4.69) is 26.6 Å². The Bertz CT molecular complexity index is 517. The van der Waals surface area contributed by atoms with E-state index < -0.39 is 0 Å². The van der Waals surface area contributed by atoms with Gasteiger partial charge in [0.1, 0.15) is 0 Å². The van der Waals surface area contributed by atoms with Gasteiger partial charge < -0.3 is 15.5 Å². The molecule has 0 bridgehead atoms. The number of nitrogens with zero attached hydrogens (tertiary/aromatic N) is 1. The number of carbonyl (C=O) groups is 2. The third-order valence-corrected chi connectivity index (χ3v) is 4.52. The van der Waals surface area contributed by atoms with Crippen LogP contribution in [-0.2, 0) is 4.79 Å². The molecule has 7 heteroatoms. The van der Waals surface area contributed by atoms with Crippen molar-refractivity contribution in [1.82, 2.24) is 15.5 Å². The molecule has 1 heterocycles. The summed E-state index contributed by atoms with van der Waals surface area (Å²) in [5, 5.41) is 6.04. The van der Waals surface area contributed by atoms with Crippen LogP contribution in [0.4, 0.5) is 0 Å². The molecule has 1 aliphatic heterocycles. The van der Waals surface area contributed by atoms with E-state index in [1.54, 1.807) is 12.1 Å². The maximum atomic E-state index is 12.1. The molecule has 2 rings (SSSR count). The lowest BCUT2D eigenvalue weighted by atomic mass is 10.1. The van der Waals surface area contributed by atoms with Gasteiger partial charge in [-0.3, -0.25) is 9.59 Å². The molecule has 1 aromatic rings. The number of carbonyl (C=O) groups excluding carboxylic acids is 2. The number of rotatable bonds is 5. The van der Waals surface area contributed by atoms with Gasteiger partial charge in [-0.1, -0.05) is 15.9 Å². The minimum atomic E-state index is -0.144. The monoisotopic (exact) mass is 403 g/mol. The van der Waals surface area contributed by atoms with E-state index in [1.165, 1.54) is 0 Å². The minimum absolute atomic E-state index is 0. The molecule has 0 spiro atoms. The predicted octanol–water partition coefficient (Wildman–Crippen LogP) is 2.20. The van der Waals surface area contributed by atoms with Gasteiger partial charge in [-0.25, -0.2) is 0 Å². The van der Waals surface area contributed by atoms with Crippen molar-refractivity contribution in [2.75, 3.05) is 26.7 Å². The van der Waals surface area contributed by atoms with Crippen molar-refractivity contribution in [3.05, 3.63) is 34.3 Å². The molecule has 0 aliphatic carbocycles. The zero-order valence-corrected chi connectivity index (χ0v) is 15.6. The maximum Gasteiger partial charge on any atom is 0.251 e. The smallest absolute Gasteiger partial charge is 0.251 e. The number of likely N-dealkylation sites (tertiary alicyclic amines) is 1. The summed E-state index contributed by atoms with van der Waals surface area (Å²) < 4.78 is 0.934. The van der Waals surface area contributed by atoms with Gasteiger partial charge in [0.05, 0.1) is 0 Å². The SMILES string of the molecule is CNC1CCN(C(=O)CCNC(=O)c2ccc(Br)cc2)CC1.Cl. The zero-order valence-electron chi connectivity index (χ0n) is 13.2. The normalized spacial score (nSPS) is 15.0. The topological polar surface area (TPSA) is 61.4 Å². The molecule has 0 saturated carbocycles.